The monoisotopic (exact) mass is 315 g/mol. The topological polar surface area (TPSA) is 91.7 Å². The minimum absolute atomic E-state index is 0.0356. The fourth-order valence-corrected chi connectivity index (χ4v) is 2.13. The number of morpholine rings is 1. The normalized spacial score (nSPS) is 14.8. The van der Waals surface area contributed by atoms with Gasteiger partial charge in [0.25, 0.3) is 5.91 Å². The molecule has 0 atom stereocenters. The van der Waals surface area contributed by atoms with E-state index in [1.54, 1.807) is 29.2 Å². The van der Waals surface area contributed by atoms with Gasteiger partial charge in [-0.2, -0.15) is 5.26 Å². The van der Waals surface area contributed by atoms with Gasteiger partial charge >= 0.3 is 5.97 Å². The highest BCUT2D eigenvalue weighted by Gasteiger charge is 2.20. The summed E-state index contributed by atoms with van der Waals surface area (Å²) in [4.78, 5) is 25.5. The number of esters is 1. The molecule has 0 bridgehead atoms. The zero-order valence-corrected chi connectivity index (χ0v) is 12.7. The smallest absolute Gasteiger partial charge is 0.339 e. The van der Waals surface area contributed by atoms with Crippen molar-refractivity contribution in [3.05, 3.63) is 41.6 Å². The quantitative estimate of drug-likeness (QED) is 0.509. The Kier molecular flexibility index (Phi) is 5.72. The zero-order valence-electron chi connectivity index (χ0n) is 12.7. The van der Waals surface area contributed by atoms with Gasteiger partial charge in [0.1, 0.15) is 11.6 Å². The minimum Gasteiger partial charge on any atom is -0.465 e. The number of para-hydroxylation sites is 1. The van der Waals surface area contributed by atoms with Crippen LogP contribution in [0.25, 0.3) is 0 Å². The van der Waals surface area contributed by atoms with Crippen molar-refractivity contribution in [3.8, 4) is 6.07 Å². The van der Waals surface area contributed by atoms with Crippen LogP contribution in [-0.4, -0.2) is 50.2 Å². The highest BCUT2D eigenvalue weighted by molar-refractivity contribution is 5.99. The summed E-state index contributed by atoms with van der Waals surface area (Å²) in [5, 5.41) is 12.0. The Hall–Kier alpha value is -2.85. The molecule has 2 rings (SSSR count). The number of anilines is 1. The minimum atomic E-state index is -0.500. The second-order valence-electron chi connectivity index (χ2n) is 4.76. The first-order valence-electron chi connectivity index (χ1n) is 7.08. The lowest BCUT2D eigenvalue weighted by molar-refractivity contribution is -0.130. The van der Waals surface area contributed by atoms with Crippen LogP contribution in [0.2, 0.25) is 0 Å². The molecule has 0 radical (unpaired) electrons. The van der Waals surface area contributed by atoms with Crippen LogP contribution in [0, 0.1) is 11.3 Å². The molecule has 0 aromatic heterocycles. The Labute approximate surface area is 134 Å². The van der Waals surface area contributed by atoms with Gasteiger partial charge in [-0.1, -0.05) is 12.1 Å². The SMILES string of the molecule is COC(=O)c1ccccc1N/C=C(/C#N)C(=O)N1CCOCC1. The molecular formula is C16H17N3O4. The van der Waals surface area contributed by atoms with E-state index in [0.29, 0.717) is 37.6 Å². The standard InChI is InChI=1S/C16H17N3O4/c1-22-16(21)13-4-2-3-5-14(13)18-11-12(10-17)15(20)19-6-8-23-9-7-19/h2-5,11,18H,6-9H2,1H3/b12-11-. The number of benzene rings is 1. The third-order valence-electron chi connectivity index (χ3n) is 3.35. The van der Waals surface area contributed by atoms with Crippen molar-refractivity contribution in [1.82, 2.24) is 4.90 Å². The van der Waals surface area contributed by atoms with Crippen LogP contribution in [-0.2, 0) is 14.3 Å². The number of ether oxygens (including phenoxy) is 2. The molecule has 1 aliphatic heterocycles. The lowest BCUT2D eigenvalue weighted by atomic mass is 10.1. The summed E-state index contributed by atoms with van der Waals surface area (Å²) in [5.74, 6) is -0.863. The molecule has 1 aliphatic rings. The largest absolute Gasteiger partial charge is 0.465 e. The van der Waals surface area contributed by atoms with E-state index in [2.05, 4.69) is 5.32 Å². The molecule has 1 N–H and O–H groups in total. The van der Waals surface area contributed by atoms with E-state index in [4.69, 9.17) is 9.47 Å². The van der Waals surface area contributed by atoms with Crippen LogP contribution in [0.1, 0.15) is 10.4 Å². The maximum atomic E-state index is 12.3. The maximum absolute atomic E-state index is 12.3. The number of nitriles is 1. The van der Waals surface area contributed by atoms with Crippen molar-refractivity contribution in [1.29, 1.82) is 5.26 Å². The number of methoxy groups -OCH3 is 1. The van der Waals surface area contributed by atoms with Gasteiger partial charge < -0.3 is 19.7 Å². The van der Waals surface area contributed by atoms with Gasteiger partial charge in [0, 0.05) is 19.3 Å². The summed E-state index contributed by atoms with van der Waals surface area (Å²) >= 11 is 0. The lowest BCUT2D eigenvalue weighted by Gasteiger charge is -2.26. The molecule has 23 heavy (non-hydrogen) atoms. The lowest BCUT2D eigenvalue weighted by Crippen LogP contribution is -2.41. The second-order valence-corrected chi connectivity index (χ2v) is 4.76. The molecule has 0 spiro atoms. The predicted octanol–water partition coefficient (Wildman–Crippen LogP) is 1.15. The number of amides is 1. The van der Waals surface area contributed by atoms with E-state index in [0.717, 1.165) is 0 Å². The maximum Gasteiger partial charge on any atom is 0.339 e. The zero-order chi connectivity index (χ0) is 16.7. The second kappa shape index (κ2) is 7.96. The van der Waals surface area contributed by atoms with Gasteiger partial charge in [-0.3, -0.25) is 4.79 Å². The number of carbonyl (C=O) groups is 2. The predicted molar refractivity (Wildman–Crippen MR) is 82.5 cm³/mol. The van der Waals surface area contributed by atoms with Crippen LogP contribution < -0.4 is 5.32 Å². The van der Waals surface area contributed by atoms with Crippen LogP contribution in [0.4, 0.5) is 5.69 Å². The Morgan fingerprint density at radius 3 is 2.70 bits per heavy atom. The Balaban J connectivity index is 2.15. The van der Waals surface area contributed by atoms with Crippen LogP contribution in [0.5, 0.6) is 0 Å². The molecule has 0 aliphatic carbocycles. The molecule has 1 aromatic carbocycles. The van der Waals surface area contributed by atoms with Gasteiger partial charge in [0.2, 0.25) is 0 Å². The summed E-state index contributed by atoms with van der Waals surface area (Å²) < 4.78 is 9.88. The van der Waals surface area contributed by atoms with E-state index >= 15 is 0 Å². The average Bonchev–Trinajstić information content (AvgIpc) is 2.62. The highest BCUT2D eigenvalue weighted by Crippen LogP contribution is 2.16. The van der Waals surface area contributed by atoms with Crippen molar-refractivity contribution in [3.63, 3.8) is 0 Å². The van der Waals surface area contributed by atoms with Crippen molar-refractivity contribution in [2.24, 2.45) is 0 Å². The fraction of sp³-hybridized carbons (Fsp3) is 0.312. The summed E-state index contributed by atoms with van der Waals surface area (Å²) in [6.07, 6.45) is 1.31. The number of nitrogens with zero attached hydrogens (tertiary/aromatic N) is 2. The van der Waals surface area contributed by atoms with Crippen molar-refractivity contribution >= 4 is 17.6 Å². The van der Waals surface area contributed by atoms with E-state index in [1.807, 2.05) is 6.07 Å². The molecule has 120 valence electrons. The highest BCUT2D eigenvalue weighted by atomic mass is 16.5. The van der Waals surface area contributed by atoms with Gasteiger partial charge in [0.15, 0.2) is 0 Å². The molecule has 1 heterocycles. The van der Waals surface area contributed by atoms with Crippen molar-refractivity contribution < 1.29 is 19.1 Å². The fourth-order valence-electron chi connectivity index (χ4n) is 2.13. The molecular weight excluding hydrogens is 298 g/mol. The Morgan fingerprint density at radius 1 is 1.35 bits per heavy atom. The first-order valence-corrected chi connectivity index (χ1v) is 7.08. The van der Waals surface area contributed by atoms with Crippen LogP contribution >= 0.6 is 0 Å². The number of hydrogen-bond donors (Lipinski definition) is 1. The summed E-state index contributed by atoms with van der Waals surface area (Å²) in [7, 11) is 1.29. The Morgan fingerprint density at radius 2 is 2.04 bits per heavy atom. The van der Waals surface area contributed by atoms with Gasteiger partial charge in [-0.05, 0) is 12.1 Å². The average molecular weight is 315 g/mol. The first-order chi connectivity index (χ1) is 11.2. The van der Waals surface area contributed by atoms with E-state index in [9.17, 15) is 14.9 Å². The third-order valence-corrected chi connectivity index (χ3v) is 3.35. The molecule has 7 nitrogen and oxygen atoms in total. The number of nitrogens with one attached hydrogen (secondary N) is 1. The van der Waals surface area contributed by atoms with E-state index in [-0.39, 0.29) is 11.5 Å². The van der Waals surface area contributed by atoms with Gasteiger partial charge in [0.05, 0.1) is 31.6 Å². The van der Waals surface area contributed by atoms with Gasteiger partial charge in [-0.15, -0.1) is 0 Å². The third kappa shape index (κ3) is 4.08. The number of carbonyl (C=O) groups excluding carboxylic acids is 2. The van der Waals surface area contributed by atoms with Crippen molar-refractivity contribution in [2.45, 2.75) is 0 Å². The van der Waals surface area contributed by atoms with E-state index in [1.165, 1.54) is 13.3 Å². The van der Waals surface area contributed by atoms with Crippen molar-refractivity contribution in [2.75, 3.05) is 38.7 Å². The Bertz CT molecular complexity index is 658. The molecule has 0 saturated carbocycles. The molecule has 7 heteroatoms. The molecule has 1 amide bonds. The van der Waals surface area contributed by atoms with Crippen LogP contribution in [0.15, 0.2) is 36.0 Å². The number of hydrogen-bond acceptors (Lipinski definition) is 6. The molecule has 1 fully saturated rings. The van der Waals surface area contributed by atoms with Crippen LogP contribution in [0.3, 0.4) is 0 Å². The summed E-state index contributed by atoms with van der Waals surface area (Å²) in [6.45, 7) is 1.83. The summed E-state index contributed by atoms with van der Waals surface area (Å²) in [5.41, 5.74) is 0.746. The van der Waals surface area contributed by atoms with E-state index < -0.39 is 5.97 Å². The molecule has 0 unspecified atom stereocenters. The first kappa shape index (κ1) is 16.5. The summed E-state index contributed by atoms with van der Waals surface area (Å²) in [6, 6.07) is 8.58. The number of rotatable bonds is 4. The van der Waals surface area contributed by atoms with Gasteiger partial charge in [-0.25, -0.2) is 4.79 Å². The molecule has 1 aromatic rings. The molecule has 1 saturated heterocycles.